The van der Waals surface area contributed by atoms with Gasteiger partial charge in [-0.25, -0.2) is 9.67 Å². The Hall–Kier alpha value is -0.940. The molecule has 1 aliphatic rings. The van der Waals surface area contributed by atoms with Crippen molar-refractivity contribution in [1.82, 2.24) is 20.1 Å². The summed E-state index contributed by atoms with van der Waals surface area (Å²) < 4.78 is 7.90. The van der Waals surface area contributed by atoms with E-state index in [9.17, 15) is 0 Å². The van der Waals surface area contributed by atoms with Crippen LogP contribution in [0.3, 0.4) is 0 Å². The van der Waals surface area contributed by atoms with Gasteiger partial charge in [0.15, 0.2) is 5.82 Å². The Morgan fingerprint density at radius 3 is 2.83 bits per heavy atom. The molecular formula is C13H24N4O. The fourth-order valence-corrected chi connectivity index (χ4v) is 2.51. The van der Waals surface area contributed by atoms with Gasteiger partial charge in [0.1, 0.15) is 12.9 Å². The monoisotopic (exact) mass is 252 g/mol. The summed E-state index contributed by atoms with van der Waals surface area (Å²) in [5.74, 6) is 0.951. The van der Waals surface area contributed by atoms with Crippen LogP contribution in [0.25, 0.3) is 0 Å². The van der Waals surface area contributed by atoms with Crippen LogP contribution in [0.15, 0.2) is 6.33 Å². The molecule has 0 spiro atoms. The second kappa shape index (κ2) is 6.85. The van der Waals surface area contributed by atoms with Crippen LogP contribution >= 0.6 is 0 Å². The summed E-state index contributed by atoms with van der Waals surface area (Å²) in [6.07, 6.45) is 7.80. The number of rotatable bonds is 6. The quantitative estimate of drug-likeness (QED) is 0.838. The largest absolute Gasteiger partial charge is 0.370 e. The predicted octanol–water partition coefficient (Wildman–Crippen LogP) is 1.74. The van der Waals surface area contributed by atoms with Gasteiger partial charge >= 0.3 is 0 Å². The highest BCUT2D eigenvalue weighted by atomic mass is 16.5. The number of hydrogen-bond donors (Lipinski definition) is 1. The molecule has 0 aliphatic heterocycles. The molecule has 5 nitrogen and oxygen atoms in total. The molecule has 1 N–H and O–H groups in total. The van der Waals surface area contributed by atoms with E-state index in [1.54, 1.807) is 6.33 Å². The summed E-state index contributed by atoms with van der Waals surface area (Å²) >= 11 is 0. The molecule has 1 aromatic heterocycles. The van der Waals surface area contributed by atoms with Crippen LogP contribution in [0.4, 0.5) is 0 Å². The Labute approximate surface area is 109 Å². The second-order valence-corrected chi connectivity index (χ2v) is 4.97. The topological polar surface area (TPSA) is 52.0 Å². The number of hydrogen-bond acceptors (Lipinski definition) is 4. The Balaban J connectivity index is 1.76. The highest BCUT2D eigenvalue weighted by Crippen LogP contribution is 2.21. The standard InChI is InChI=1S/C13H24N4O/c1-3-8-17-13(15-10-16-17)9-18-12-6-4-11(14-2)5-7-12/h10-12,14H,3-9H2,1-2H3. The molecule has 18 heavy (non-hydrogen) atoms. The van der Waals surface area contributed by atoms with Crippen molar-refractivity contribution in [3.05, 3.63) is 12.2 Å². The van der Waals surface area contributed by atoms with E-state index < -0.39 is 0 Å². The zero-order valence-corrected chi connectivity index (χ0v) is 11.4. The molecule has 5 heteroatoms. The van der Waals surface area contributed by atoms with E-state index in [4.69, 9.17) is 4.74 Å². The fraction of sp³-hybridized carbons (Fsp3) is 0.846. The van der Waals surface area contributed by atoms with Gasteiger partial charge in [0.25, 0.3) is 0 Å². The highest BCUT2D eigenvalue weighted by molar-refractivity contribution is 4.83. The van der Waals surface area contributed by atoms with E-state index in [1.165, 1.54) is 12.8 Å². The molecule has 0 aromatic carbocycles. The van der Waals surface area contributed by atoms with E-state index in [0.717, 1.165) is 31.6 Å². The lowest BCUT2D eigenvalue weighted by Crippen LogP contribution is -2.33. The van der Waals surface area contributed by atoms with Crippen LogP contribution in [-0.2, 0) is 17.9 Å². The fourth-order valence-electron chi connectivity index (χ4n) is 2.51. The lowest BCUT2D eigenvalue weighted by molar-refractivity contribution is 0.00702. The number of ether oxygens (including phenoxy) is 1. The van der Waals surface area contributed by atoms with Gasteiger partial charge < -0.3 is 10.1 Å². The minimum Gasteiger partial charge on any atom is -0.370 e. The molecule has 0 saturated heterocycles. The van der Waals surface area contributed by atoms with Crippen molar-refractivity contribution in [1.29, 1.82) is 0 Å². The van der Waals surface area contributed by atoms with Crippen LogP contribution in [0, 0.1) is 0 Å². The first-order chi connectivity index (χ1) is 8.83. The Bertz CT molecular complexity index is 345. The summed E-state index contributed by atoms with van der Waals surface area (Å²) in [5.41, 5.74) is 0. The minimum absolute atomic E-state index is 0.390. The Morgan fingerprint density at radius 1 is 1.39 bits per heavy atom. The molecule has 2 rings (SSSR count). The van der Waals surface area contributed by atoms with Crippen LogP contribution < -0.4 is 5.32 Å². The molecule has 102 valence electrons. The van der Waals surface area contributed by atoms with Crippen molar-refractivity contribution in [2.24, 2.45) is 0 Å². The normalized spacial score (nSPS) is 24.3. The first kappa shape index (κ1) is 13.5. The van der Waals surface area contributed by atoms with E-state index in [1.807, 2.05) is 11.7 Å². The number of aromatic nitrogens is 3. The maximum Gasteiger partial charge on any atom is 0.152 e. The molecule has 1 saturated carbocycles. The summed E-state index contributed by atoms with van der Waals surface area (Å²) in [5, 5.41) is 7.55. The van der Waals surface area contributed by atoms with Crippen LogP contribution in [-0.4, -0.2) is 34.0 Å². The maximum atomic E-state index is 5.96. The molecule has 0 amide bonds. The van der Waals surface area contributed by atoms with Crippen molar-refractivity contribution in [2.75, 3.05) is 7.05 Å². The van der Waals surface area contributed by atoms with Gasteiger partial charge in [-0.2, -0.15) is 5.10 Å². The SMILES string of the molecule is CCCn1ncnc1COC1CCC(NC)CC1. The van der Waals surface area contributed by atoms with Crippen molar-refractivity contribution < 1.29 is 4.74 Å². The first-order valence-corrected chi connectivity index (χ1v) is 6.99. The summed E-state index contributed by atoms with van der Waals surface area (Å²) in [4.78, 5) is 4.26. The van der Waals surface area contributed by atoms with Crippen LogP contribution in [0.2, 0.25) is 0 Å². The minimum atomic E-state index is 0.390. The summed E-state index contributed by atoms with van der Waals surface area (Å²) in [7, 11) is 2.04. The third kappa shape index (κ3) is 3.53. The van der Waals surface area contributed by atoms with Gasteiger partial charge in [0.2, 0.25) is 0 Å². The third-order valence-corrected chi connectivity index (χ3v) is 3.66. The van der Waals surface area contributed by atoms with Crippen LogP contribution in [0.1, 0.15) is 44.9 Å². The second-order valence-electron chi connectivity index (χ2n) is 4.97. The van der Waals surface area contributed by atoms with Gasteiger partial charge in [-0.1, -0.05) is 6.92 Å². The average Bonchev–Trinajstić information content (AvgIpc) is 2.85. The van der Waals surface area contributed by atoms with Crippen molar-refractivity contribution in [3.63, 3.8) is 0 Å². The zero-order chi connectivity index (χ0) is 12.8. The highest BCUT2D eigenvalue weighted by Gasteiger charge is 2.20. The van der Waals surface area contributed by atoms with E-state index >= 15 is 0 Å². The summed E-state index contributed by atoms with van der Waals surface area (Å²) in [6, 6.07) is 0.675. The Morgan fingerprint density at radius 2 is 2.17 bits per heavy atom. The van der Waals surface area contributed by atoms with Gasteiger partial charge in [0.05, 0.1) is 6.10 Å². The molecule has 0 unspecified atom stereocenters. The first-order valence-electron chi connectivity index (χ1n) is 6.99. The molecule has 1 aliphatic carbocycles. The van der Waals surface area contributed by atoms with Crippen molar-refractivity contribution in [2.45, 2.75) is 64.3 Å². The lowest BCUT2D eigenvalue weighted by atomic mass is 9.93. The third-order valence-electron chi connectivity index (χ3n) is 3.66. The van der Waals surface area contributed by atoms with Gasteiger partial charge in [-0.05, 0) is 39.2 Å². The maximum absolute atomic E-state index is 5.96. The summed E-state index contributed by atoms with van der Waals surface area (Å²) in [6.45, 7) is 3.66. The smallest absolute Gasteiger partial charge is 0.152 e. The molecule has 1 fully saturated rings. The Kier molecular flexibility index (Phi) is 5.13. The molecule has 0 radical (unpaired) electrons. The van der Waals surface area contributed by atoms with Crippen molar-refractivity contribution >= 4 is 0 Å². The molecule has 1 aromatic rings. The van der Waals surface area contributed by atoms with E-state index in [-0.39, 0.29) is 0 Å². The van der Waals surface area contributed by atoms with Crippen molar-refractivity contribution in [3.8, 4) is 0 Å². The molecule has 0 atom stereocenters. The molecule has 0 bridgehead atoms. The predicted molar refractivity (Wildman–Crippen MR) is 70.2 cm³/mol. The number of nitrogens with one attached hydrogen (secondary N) is 1. The van der Waals surface area contributed by atoms with Crippen LogP contribution in [0.5, 0.6) is 0 Å². The zero-order valence-electron chi connectivity index (χ0n) is 11.4. The lowest BCUT2D eigenvalue weighted by Gasteiger charge is -2.28. The molecular weight excluding hydrogens is 228 g/mol. The van der Waals surface area contributed by atoms with Gasteiger partial charge in [-0.15, -0.1) is 0 Å². The van der Waals surface area contributed by atoms with Gasteiger partial charge in [-0.3, -0.25) is 0 Å². The van der Waals surface area contributed by atoms with Gasteiger partial charge in [0, 0.05) is 12.6 Å². The number of nitrogens with zero attached hydrogens (tertiary/aromatic N) is 3. The average molecular weight is 252 g/mol. The van der Waals surface area contributed by atoms with E-state index in [2.05, 4.69) is 22.3 Å². The molecule has 1 heterocycles. The number of aryl methyl sites for hydroxylation is 1. The van der Waals surface area contributed by atoms with E-state index in [0.29, 0.717) is 18.8 Å².